The summed E-state index contributed by atoms with van der Waals surface area (Å²) in [5, 5.41) is 6.14. The summed E-state index contributed by atoms with van der Waals surface area (Å²) in [4.78, 5) is 11.8. The molecule has 0 fully saturated rings. The highest BCUT2D eigenvalue weighted by Crippen LogP contribution is 2.17. The SMILES string of the molecule is CC(C)(C)OC(=O)NCc1ccccc1CNCc1occc1Br. The quantitative estimate of drug-likeness (QED) is 0.763. The molecule has 24 heavy (non-hydrogen) atoms. The van der Waals surface area contributed by atoms with E-state index in [1.165, 1.54) is 0 Å². The van der Waals surface area contributed by atoms with Gasteiger partial charge in [-0.25, -0.2) is 4.79 Å². The molecule has 0 unspecified atom stereocenters. The maximum absolute atomic E-state index is 11.8. The zero-order valence-electron chi connectivity index (χ0n) is 14.2. The smallest absolute Gasteiger partial charge is 0.407 e. The molecule has 2 rings (SSSR count). The lowest BCUT2D eigenvalue weighted by Gasteiger charge is -2.20. The van der Waals surface area contributed by atoms with Crippen LogP contribution in [0.25, 0.3) is 0 Å². The number of carbonyl (C=O) groups excluding carboxylic acids is 1. The Kier molecular flexibility index (Phi) is 6.45. The number of alkyl carbamates (subject to hydrolysis) is 1. The maximum Gasteiger partial charge on any atom is 0.407 e. The number of rotatable bonds is 6. The van der Waals surface area contributed by atoms with Crippen molar-refractivity contribution < 1.29 is 13.9 Å². The van der Waals surface area contributed by atoms with Crippen LogP contribution in [0.2, 0.25) is 0 Å². The van der Waals surface area contributed by atoms with Crippen LogP contribution in [0.4, 0.5) is 4.79 Å². The molecule has 2 aromatic rings. The second-order valence-electron chi connectivity index (χ2n) is 6.42. The minimum atomic E-state index is -0.498. The first kappa shape index (κ1) is 18.5. The van der Waals surface area contributed by atoms with E-state index in [2.05, 4.69) is 26.6 Å². The number of ether oxygens (including phenoxy) is 1. The first-order chi connectivity index (χ1) is 11.3. The molecule has 0 radical (unpaired) electrons. The van der Waals surface area contributed by atoms with Crippen LogP contribution in [0.3, 0.4) is 0 Å². The van der Waals surface area contributed by atoms with E-state index in [-0.39, 0.29) is 0 Å². The Hall–Kier alpha value is -1.79. The van der Waals surface area contributed by atoms with Crippen molar-refractivity contribution in [2.45, 2.75) is 46.0 Å². The van der Waals surface area contributed by atoms with Crippen LogP contribution in [-0.4, -0.2) is 11.7 Å². The van der Waals surface area contributed by atoms with E-state index in [0.29, 0.717) is 19.6 Å². The van der Waals surface area contributed by atoms with E-state index in [4.69, 9.17) is 9.15 Å². The number of amides is 1. The van der Waals surface area contributed by atoms with Crippen LogP contribution in [0.15, 0.2) is 45.5 Å². The van der Waals surface area contributed by atoms with Crippen LogP contribution in [0.5, 0.6) is 0 Å². The van der Waals surface area contributed by atoms with Crippen molar-refractivity contribution >= 4 is 22.0 Å². The van der Waals surface area contributed by atoms with E-state index in [9.17, 15) is 4.79 Å². The van der Waals surface area contributed by atoms with Crippen LogP contribution < -0.4 is 10.6 Å². The van der Waals surface area contributed by atoms with Crippen molar-refractivity contribution in [3.05, 3.63) is 58.0 Å². The molecule has 1 amide bonds. The standard InChI is InChI=1S/C18H23BrN2O3/c1-18(2,3)24-17(22)21-11-14-7-5-4-6-13(14)10-20-12-16-15(19)8-9-23-16/h4-9,20H,10-12H2,1-3H3,(H,21,22). The zero-order valence-corrected chi connectivity index (χ0v) is 15.8. The van der Waals surface area contributed by atoms with E-state index >= 15 is 0 Å². The summed E-state index contributed by atoms with van der Waals surface area (Å²) in [5.41, 5.74) is 1.67. The van der Waals surface area contributed by atoms with E-state index in [1.54, 1.807) is 6.26 Å². The average molecular weight is 395 g/mol. The summed E-state index contributed by atoms with van der Waals surface area (Å²) in [6, 6.07) is 9.85. The van der Waals surface area contributed by atoms with Crippen LogP contribution in [0.1, 0.15) is 37.7 Å². The molecule has 0 bridgehead atoms. The second kappa shape index (κ2) is 8.35. The van der Waals surface area contributed by atoms with Crippen LogP contribution in [0, 0.1) is 0 Å². The fourth-order valence-electron chi connectivity index (χ4n) is 2.15. The third kappa shape index (κ3) is 6.02. The largest absolute Gasteiger partial charge is 0.467 e. The van der Waals surface area contributed by atoms with Gasteiger partial charge < -0.3 is 19.8 Å². The lowest BCUT2D eigenvalue weighted by atomic mass is 10.1. The minimum absolute atomic E-state index is 0.412. The van der Waals surface area contributed by atoms with E-state index in [0.717, 1.165) is 21.4 Å². The van der Waals surface area contributed by atoms with Crippen molar-refractivity contribution in [2.24, 2.45) is 0 Å². The monoisotopic (exact) mass is 394 g/mol. The fourth-order valence-corrected chi connectivity index (χ4v) is 2.49. The highest BCUT2D eigenvalue weighted by Gasteiger charge is 2.16. The molecule has 1 aromatic carbocycles. The number of hydrogen-bond donors (Lipinski definition) is 2. The van der Waals surface area contributed by atoms with Gasteiger partial charge in [0.05, 0.1) is 17.3 Å². The average Bonchev–Trinajstić information content (AvgIpc) is 2.90. The Morgan fingerprint density at radius 1 is 1.12 bits per heavy atom. The molecule has 130 valence electrons. The predicted molar refractivity (Wildman–Crippen MR) is 96.5 cm³/mol. The summed E-state index contributed by atoms with van der Waals surface area (Å²) in [6.45, 7) is 7.27. The van der Waals surface area contributed by atoms with Crippen molar-refractivity contribution in [1.82, 2.24) is 10.6 Å². The van der Waals surface area contributed by atoms with Gasteiger partial charge in [-0.05, 0) is 53.9 Å². The highest BCUT2D eigenvalue weighted by atomic mass is 79.9. The lowest BCUT2D eigenvalue weighted by Crippen LogP contribution is -2.32. The third-order valence-electron chi connectivity index (χ3n) is 3.23. The predicted octanol–water partition coefficient (Wildman–Crippen LogP) is 4.36. The Bertz CT molecular complexity index is 677. The van der Waals surface area contributed by atoms with Gasteiger partial charge in [0.25, 0.3) is 0 Å². The second-order valence-corrected chi connectivity index (χ2v) is 7.27. The van der Waals surface area contributed by atoms with Crippen molar-refractivity contribution in [2.75, 3.05) is 0 Å². The third-order valence-corrected chi connectivity index (χ3v) is 3.94. The highest BCUT2D eigenvalue weighted by molar-refractivity contribution is 9.10. The normalized spacial score (nSPS) is 11.3. The first-order valence-corrected chi connectivity index (χ1v) is 8.60. The van der Waals surface area contributed by atoms with Gasteiger partial charge in [0.1, 0.15) is 11.4 Å². The fraction of sp³-hybridized carbons (Fsp3) is 0.389. The molecule has 0 aliphatic carbocycles. The Balaban J connectivity index is 1.88. The first-order valence-electron chi connectivity index (χ1n) is 7.81. The van der Waals surface area contributed by atoms with E-state index in [1.807, 2.05) is 51.1 Å². The van der Waals surface area contributed by atoms with Gasteiger partial charge in [-0.1, -0.05) is 24.3 Å². The van der Waals surface area contributed by atoms with Gasteiger partial charge in [0.15, 0.2) is 0 Å². The van der Waals surface area contributed by atoms with Crippen LogP contribution >= 0.6 is 15.9 Å². The Morgan fingerprint density at radius 2 is 1.79 bits per heavy atom. The summed E-state index contributed by atoms with van der Waals surface area (Å²) in [6.07, 6.45) is 1.24. The molecule has 6 heteroatoms. The van der Waals surface area contributed by atoms with Crippen molar-refractivity contribution in [1.29, 1.82) is 0 Å². The van der Waals surface area contributed by atoms with Gasteiger partial charge in [-0.3, -0.25) is 0 Å². The van der Waals surface area contributed by atoms with Gasteiger partial charge >= 0.3 is 6.09 Å². The number of nitrogens with one attached hydrogen (secondary N) is 2. The van der Waals surface area contributed by atoms with Gasteiger partial charge in [0.2, 0.25) is 0 Å². The summed E-state index contributed by atoms with van der Waals surface area (Å²) < 4.78 is 11.6. The van der Waals surface area contributed by atoms with Gasteiger partial charge in [-0.2, -0.15) is 0 Å². The molecule has 2 N–H and O–H groups in total. The molecule has 0 atom stereocenters. The molecule has 0 saturated heterocycles. The van der Waals surface area contributed by atoms with Gasteiger partial charge in [0, 0.05) is 13.1 Å². The number of hydrogen-bond acceptors (Lipinski definition) is 4. The summed E-state index contributed by atoms with van der Waals surface area (Å²) in [7, 11) is 0. The lowest BCUT2D eigenvalue weighted by molar-refractivity contribution is 0.0523. The Morgan fingerprint density at radius 3 is 2.38 bits per heavy atom. The molecule has 1 aromatic heterocycles. The number of halogens is 1. The van der Waals surface area contributed by atoms with Crippen LogP contribution in [-0.2, 0) is 24.4 Å². The summed E-state index contributed by atoms with van der Waals surface area (Å²) in [5.74, 6) is 0.861. The molecular weight excluding hydrogens is 372 g/mol. The molecule has 0 aliphatic rings. The maximum atomic E-state index is 11.8. The van der Waals surface area contributed by atoms with E-state index < -0.39 is 11.7 Å². The zero-order chi connectivity index (χ0) is 17.6. The van der Waals surface area contributed by atoms with Crippen molar-refractivity contribution in [3.63, 3.8) is 0 Å². The van der Waals surface area contributed by atoms with Gasteiger partial charge in [-0.15, -0.1) is 0 Å². The number of benzene rings is 1. The molecule has 0 spiro atoms. The number of furan rings is 1. The topological polar surface area (TPSA) is 63.5 Å². The summed E-state index contributed by atoms with van der Waals surface area (Å²) >= 11 is 3.44. The molecule has 5 nitrogen and oxygen atoms in total. The minimum Gasteiger partial charge on any atom is -0.467 e. The number of carbonyl (C=O) groups is 1. The molecule has 0 saturated carbocycles. The van der Waals surface area contributed by atoms with Crippen molar-refractivity contribution in [3.8, 4) is 0 Å². The molecular formula is C18H23BrN2O3. The molecule has 1 heterocycles. The Labute approximate surface area is 150 Å². The molecule has 0 aliphatic heterocycles.